The van der Waals surface area contributed by atoms with Gasteiger partial charge in [0.1, 0.15) is 36.5 Å². The number of ketones is 1. The Hall–Kier alpha value is -5.29. The van der Waals surface area contributed by atoms with Crippen molar-refractivity contribution in [2.75, 3.05) is 46.5 Å². The lowest BCUT2D eigenvalue weighted by Crippen LogP contribution is -2.69. The molecule has 15 heteroatoms. The summed E-state index contributed by atoms with van der Waals surface area (Å²) in [5, 5.41) is 29.1. The van der Waals surface area contributed by atoms with Crippen LogP contribution in [0.15, 0.2) is 54.6 Å². The largest absolute Gasteiger partial charge is 0.504 e. The maximum atomic E-state index is 15.2. The van der Waals surface area contributed by atoms with Crippen molar-refractivity contribution in [1.82, 2.24) is 20.1 Å². The van der Waals surface area contributed by atoms with Crippen LogP contribution in [0.4, 0.5) is 0 Å². The SMILES string of the molecule is COc1c(C)cc2c(c1O)[C@@H]1C3[C@@H]4SC[C@]5(NCCc6c5[nH]c5c(OCc7ccccc7)cccc65)C(=O)COC[C@H](c5c6c(c(C)c(OC(C)=O)c54)OCO6)N3[C@@H](O)[C@H](C2)N1C. The van der Waals surface area contributed by atoms with Gasteiger partial charge in [-0.05, 0) is 62.1 Å². The van der Waals surface area contributed by atoms with Gasteiger partial charge in [-0.15, -0.1) is 11.8 Å². The number of ether oxygens (including phenoxy) is 6. The number of nitrogens with one attached hydrogen (secondary N) is 2. The van der Waals surface area contributed by atoms with Crippen molar-refractivity contribution in [1.29, 1.82) is 0 Å². The van der Waals surface area contributed by atoms with E-state index in [2.05, 4.69) is 32.2 Å². The molecule has 4 aromatic carbocycles. The third-order valence-electron chi connectivity index (χ3n) is 14.2. The number of esters is 1. The number of rotatable bonds is 5. The van der Waals surface area contributed by atoms with E-state index in [1.807, 2.05) is 63.4 Å². The van der Waals surface area contributed by atoms with E-state index in [-0.39, 0.29) is 43.3 Å². The Morgan fingerprint density at radius 1 is 1.05 bits per heavy atom. The lowest BCUT2D eigenvalue weighted by Gasteiger charge is -2.61. The zero-order chi connectivity index (χ0) is 43.5. The van der Waals surface area contributed by atoms with E-state index in [9.17, 15) is 15.0 Å². The molecule has 2 saturated heterocycles. The molecule has 7 aliphatic heterocycles. The van der Waals surface area contributed by atoms with Crippen molar-refractivity contribution in [2.45, 2.75) is 81.4 Å². The molecule has 7 atom stereocenters. The fraction of sp³-hybridized carbons (Fsp3) is 0.417. The second-order valence-electron chi connectivity index (χ2n) is 17.5. The second-order valence-corrected chi connectivity index (χ2v) is 18.7. The van der Waals surface area contributed by atoms with Gasteiger partial charge in [-0.2, -0.15) is 0 Å². The van der Waals surface area contributed by atoms with Gasteiger partial charge in [0.25, 0.3) is 0 Å². The third kappa shape index (κ3) is 5.96. The Kier molecular flexibility index (Phi) is 9.75. The smallest absolute Gasteiger partial charge is 0.308 e. The van der Waals surface area contributed by atoms with Crippen LogP contribution in [-0.4, -0.2) is 102 Å². The number of aromatic amines is 1. The maximum Gasteiger partial charge on any atom is 0.308 e. The van der Waals surface area contributed by atoms with Gasteiger partial charge in [-0.1, -0.05) is 48.5 Å². The number of aryl methyl sites for hydroxylation is 1. The van der Waals surface area contributed by atoms with Gasteiger partial charge in [0, 0.05) is 58.6 Å². The highest BCUT2D eigenvalue weighted by molar-refractivity contribution is 7.99. The first kappa shape index (κ1) is 40.5. The molecule has 0 radical (unpaired) electrons. The van der Waals surface area contributed by atoms with Crippen LogP contribution in [0, 0.1) is 13.8 Å². The first-order valence-corrected chi connectivity index (χ1v) is 22.6. The van der Waals surface area contributed by atoms with Gasteiger partial charge < -0.3 is 43.6 Å². The minimum Gasteiger partial charge on any atom is -0.504 e. The number of likely N-dealkylation sites (N-methyl/N-ethyl adjacent to an activating group) is 1. The van der Waals surface area contributed by atoms with E-state index in [1.165, 1.54) is 6.92 Å². The number of nitrogens with zero attached hydrogens (tertiary/aromatic N) is 2. The number of benzene rings is 4. The molecular weight excluding hydrogens is 825 g/mol. The number of H-pyrrole nitrogens is 1. The third-order valence-corrected chi connectivity index (χ3v) is 15.7. The number of aliphatic hydroxyl groups excluding tert-OH is 1. The predicted molar refractivity (Wildman–Crippen MR) is 234 cm³/mol. The number of aromatic nitrogens is 1. The molecule has 7 aliphatic rings. The summed E-state index contributed by atoms with van der Waals surface area (Å²) < 4.78 is 37.5. The number of hydrogen-bond donors (Lipinski definition) is 4. The Morgan fingerprint density at radius 2 is 1.86 bits per heavy atom. The van der Waals surface area contributed by atoms with Gasteiger partial charge in [0.15, 0.2) is 28.8 Å². The zero-order valence-corrected chi connectivity index (χ0v) is 36.6. The number of aromatic hydroxyl groups is 1. The van der Waals surface area contributed by atoms with Crippen molar-refractivity contribution >= 4 is 34.4 Å². The van der Waals surface area contributed by atoms with Gasteiger partial charge in [-0.25, -0.2) is 0 Å². The summed E-state index contributed by atoms with van der Waals surface area (Å²) in [7, 11) is 3.55. The van der Waals surface area contributed by atoms with Crippen LogP contribution < -0.4 is 29.0 Å². The van der Waals surface area contributed by atoms with Crippen molar-refractivity contribution in [3.05, 3.63) is 105 Å². The molecule has 0 aliphatic carbocycles. The zero-order valence-electron chi connectivity index (χ0n) is 35.8. The molecule has 14 nitrogen and oxygen atoms in total. The first-order valence-electron chi connectivity index (χ1n) is 21.5. The predicted octanol–water partition coefficient (Wildman–Crippen LogP) is 5.80. The molecule has 1 spiro atoms. The summed E-state index contributed by atoms with van der Waals surface area (Å²) in [6, 6.07) is 16.0. The molecule has 8 heterocycles. The minimum atomic E-state index is -1.25. The molecule has 0 amide bonds. The quantitative estimate of drug-likeness (QED) is 0.124. The van der Waals surface area contributed by atoms with Gasteiger partial charge in [0.2, 0.25) is 6.79 Å². The average molecular weight is 875 g/mol. The Bertz CT molecular complexity index is 2710. The number of methoxy groups -OCH3 is 1. The van der Waals surface area contributed by atoms with Crippen LogP contribution >= 0.6 is 11.8 Å². The van der Waals surface area contributed by atoms with Crippen LogP contribution in [0.25, 0.3) is 10.9 Å². The maximum absolute atomic E-state index is 15.2. The summed E-state index contributed by atoms with van der Waals surface area (Å²) in [5.41, 5.74) is 6.86. The number of phenolic OH excluding ortho intramolecular Hbond substituents is 1. The van der Waals surface area contributed by atoms with Crippen LogP contribution in [0.1, 0.15) is 74.5 Å². The normalized spacial score (nSPS) is 27.3. The lowest BCUT2D eigenvalue weighted by molar-refractivity contribution is -0.181. The number of piperazine rings is 1. The van der Waals surface area contributed by atoms with Gasteiger partial charge in [0.05, 0.1) is 42.6 Å². The molecule has 1 aromatic heterocycles. The van der Waals surface area contributed by atoms with Crippen molar-refractivity contribution < 1.29 is 48.2 Å². The van der Waals surface area contributed by atoms with E-state index in [0.717, 1.165) is 44.4 Å². The number of phenols is 1. The molecule has 5 aromatic rings. The van der Waals surface area contributed by atoms with Crippen molar-refractivity contribution in [3.63, 3.8) is 0 Å². The molecule has 4 N–H and O–H groups in total. The minimum absolute atomic E-state index is 0.00557. The summed E-state index contributed by atoms with van der Waals surface area (Å²) in [5.74, 6) is 2.05. The summed E-state index contributed by atoms with van der Waals surface area (Å²) in [4.78, 5) is 36.2. The number of carbonyl (C=O) groups excluding carboxylic acids is 2. The molecule has 328 valence electrons. The highest BCUT2D eigenvalue weighted by Crippen LogP contribution is 2.64. The fourth-order valence-electron chi connectivity index (χ4n) is 11.5. The van der Waals surface area contributed by atoms with Gasteiger partial charge >= 0.3 is 5.97 Å². The summed E-state index contributed by atoms with van der Waals surface area (Å²) in [6.07, 6.45) is 0.141. The summed E-state index contributed by atoms with van der Waals surface area (Å²) >= 11 is 1.56. The highest BCUT2D eigenvalue weighted by atomic mass is 32.2. The van der Waals surface area contributed by atoms with Crippen molar-refractivity contribution in [3.8, 4) is 34.5 Å². The number of para-hydroxylation sites is 1. The van der Waals surface area contributed by atoms with Crippen molar-refractivity contribution in [2.24, 2.45) is 0 Å². The van der Waals surface area contributed by atoms with Crippen LogP contribution in [0.2, 0.25) is 0 Å². The Balaban J connectivity index is 1.12. The summed E-state index contributed by atoms with van der Waals surface area (Å²) in [6.45, 7) is 5.80. The number of fused-ring (bicyclic) bond motifs is 12. The van der Waals surface area contributed by atoms with E-state index >= 15 is 4.79 Å². The molecule has 1 unspecified atom stereocenters. The number of thioether (sulfide) groups is 1. The average Bonchev–Trinajstić information content (AvgIpc) is 3.92. The molecule has 4 bridgehead atoms. The molecule has 63 heavy (non-hydrogen) atoms. The van der Waals surface area contributed by atoms with Crippen LogP contribution in [0.5, 0.6) is 34.5 Å². The molecule has 12 rings (SSSR count). The Labute approximate surface area is 368 Å². The monoisotopic (exact) mass is 874 g/mol. The fourth-order valence-corrected chi connectivity index (χ4v) is 13.2. The van der Waals surface area contributed by atoms with Gasteiger partial charge in [-0.3, -0.25) is 24.7 Å². The van der Waals surface area contributed by atoms with E-state index in [4.69, 9.17) is 28.4 Å². The Morgan fingerprint density at radius 3 is 2.65 bits per heavy atom. The van der Waals surface area contributed by atoms with E-state index in [1.54, 1.807) is 18.9 Å². The van der Waals surface area contributed by atoms with E-state index in [0.29, 0.717) is 71.4 Å². The van der Waals surface area contributed by atoms with Crippen LogP contribution in [-0.2, 0) is 39.3 Å². The topological polar surface area (TPSA) is 164 Å². The number of aliphatic hydroxyl groups is 1. The first-order chi connectivity index (χ1) is 30.5. The molecule has 0 saturated carbocycles. The highest BCUT2D eigenvalue weighted by Gasteiger charge is 2.61. The number of carbonyl (C=O) groups is 2. The standard InChI is InChI=1S/C48H50N4O10S/c1-23-16-27-17-30-47(56)52-31-19-58-20-33(54)48(46-29(14-15-49-48)28-12-9-13-32(37(28)50-46)59-18-26-10-7-6-8-11-26)21-63-45(39(52)38(51(30)4)34(27)40(55)41(23)57-5)36-35(31)44-43(60-22-61-44)24(2)42(36)62-25(3)53/h6-13,16,30-31,38-39,45,47,49-50,55-56H,14-15,17-22H2,1-5H3/t30-,31+,38+,39?,45+,47-,48-/m0/s1. The second kappa shape index (κ2) is 15.2. The molecule has 2 fully saturated rings. The van der Waals surface area contributed by atoms with E-state index < -0.39 is 41.1 Å². The van der Waals surface area contributed by atoms with Crippen LogP contribution in [0.3, 0.4) is 0 Å². The molecular formula is C48H50N4O10S. The number of hydrogen-bond acceptors (Lipinski definition) is 14. The lowest BCUT2D eigenvalue weighted by atomic mass is 9.73. The number of Topliss-reactive ketones (excluding diaryl/α,β-unsaturated/α-hetero) is 1.